The van der Waals surface area contributed by atoms with Crippen LogP contribution in [-0.2, 0) is 0 Å². The zero-order chi connectivity index (χ0) is 11.7. The molecule has 3 heteroatoms. The number of hydrogen-bond acceptors (Lipinski definition) is 2. The van der Waals surface area contributed by atoms with Crippen molar-refractivity contribution in [2.75, 3.05) is 19.6 Å². The minimum Gasteiger partial charge on any atom is -0.315 e. The Balaban J connectivity index is 0.00000120. The molecule has 3 atom stereocenters. The topological polar surface area (TPSA) is 15.3 Å². The van der Waals surface area contributed by atoms with E-state index in [0.717, 1.165) is 23.9 Å². The molecule has 3 rings (SSSR count). The van der Waals surface area contributed by atoms with E-state index in [2.05, 4.69) is 17.1 Å². The minimum atomic E-state index is 0. The highest BCUT2D eigenvalue weighted by molar-refractivity contribution is 5.85. The molecule has 3 aliphatic rings. The lowest BCUT2D eigenvalue weighted by atomic mass is 9.82. The summed E-state index contributed by atoms with van der Waals surface area (Å²) in [7, 11) is 0. The van der Waals surface area contributed by atoms with Gasteiger partial charge in [-0.15, -0.1) is 12.4 Å². The van der Waals surface area contributed by atoms with Gasteiger partial charge in [-0.3, -0.25) is 4.90 Å². The monoisotopic (exact) mass is 272 g/mol. The second-order valence-corrected chi connectivity index (χ2v) is 6.71. The van der Waals surface area contributed by atoms with Crippen LogP contribution >= 0.6 is 12.4 Å². The van der Waals surface area contributed by atoms with Crippen LogP contribution in [0.25, 0.3) is 0 Å². The number of nitrogens with zero attached hydrogens (tertiary/aromatic N) is 1. The highest BCUT2D eigenvalue weighted by Crippen LogP contribution is 2.35. The average molecular weight is 273 g/mol. The van der Waals surface area contributed by atoms with Gasteiger partial charge in [0.2, 0.25) is 0 Å². The number of hydrogen-bond donors (Lipinski definition) is 1. The van der Waals surface area contributed by atoms with Crippen LogP contribution in [0.1, 0.15) is 51.9 Å². The lowest BCUT2D eigenvalue weighted by molar-refractivity contribution is 0.136. The van der Waals surface area contributed by atoms with Gasteiger partial charge in [0.05, 0.1) is 0 Å². The van der Waals surface area contributed by atoms with Gasteiger partial charge in [0.1, 0.15) is 0 Å². The summed E-state index contributed by atoms with van der Waals surface area (Å²) < 4.78 is 0. The number of rotatable bonds is 4. The molecule has 1 N–H and O–H groups in total. The van der Waals surface area contributed by atoms with E-state index in [0.29, 0.717) is 0 Å². The van der Waals surface area contributed by atoms with Gasteiger partial charge >= 0.3 is 0 Å². The van der Waals surface area contributed by atoms with Gasteiger partial charge in [-0.2, -0.15) is 0 Å². The Morgan fingerprint density at radius 2 is 1.89 bits per heavy atom. The molecule has 18 heavy (non-hydrogen) atoms. The van der Waals surface area contributed by atoms with Crippen LogP contribution in [0.15, 0.2) is 0 Å². The van der Waals surface area contributed by atoms with Crippen LogP contribution in [0.4, 0.5) is 0 Å². The molecule has 0 spiro atoms. The van der Waals surface area contributed by atoms with Gasteiger partial charge in [0, 0.05) is 25.2 Å². The van der Waals surface area contributed by atoms with Crippen molar-refractivity contribution in [2.24, 2.45) is 11.8 Å². The van der Waals surface area contributed by atoms with E-state index in [4.69, 9.17) is 0 Å². The van der Waals surface area contributed by atoms with Crippen LogP contribution in [-0.4, -0.2) is 36.6 Å². The molecule has 0 amide bonds. The quantitative estimate of drug-likeness (QED) is 0.846. The maximum absolute atomic E-state index is 3.54. The van der Waals surface area contributed by atoms with Crippen molar-refractivity contribution in [3.05, 3.63) is 0 Å². The molecule has 0 aromatic carbocycles. The van der Waals surface area contributed by atoms with Crippen molar-refractivity contribution in [3.63, 3.8) is 0 Å². The summed E-state index contributed by atoms with van der Waals surface area (Å²) in [5.74, 6) is 1.98. The smallest absolute Gasteiger partial charge is 0.0235 e. The zero-order valence-corrected chi connectivity index (χ0v) is 12.6. The standard InChI is InChI=1S/C15H28N2.ClH/c1-12-3-2-4-13(9-12)11-17(14-5-6-14)15-7-8-16-10-15;/h12-16H,2-11H2,1H3;1H. The molecule has 0 radical (unpaired) electrons. The van der Waals surface area contributed by atoms with Crippen molar-refractivity contribution in [1.82, 2.24) is 10.2 Å². The first-order chi connectivity index (χ1) is 8.33. The van der Waals surface area contributed by atoms with E-state index >= 15 is 0 Å². The minimum absolute atomic E-state index is 0. The predicted molar refractivity (Wildman–Crippen MR) is 79.4 cm³/mol. The lowest BCUT2D eigenvalue weighted by Crippen LogP contribution is -2.42. The van der Waals surface area contributed by atoms with Gasteiger partial charge < -0.3 is 5.32 Å². The summed E-state index contributed by atoms with van der Waals surface area (Å²) in [4.78, 5) is 2.88. The molecule has 0 aromatic heterocycles. The van der Waals surface area contributed by atoms with E-state index in [-0.39, 0.29) is 12.4 Å². The Hall–Kier alpha value is 0.210. The SMILES string of the molecule is CC1CCCC(CN(C2CC2)C2CCNC2)C1.Cl. The van der Waals surface area contributed by atoms with Crippen LogP contribution in [0.3, 0.4) is 0 Å². The molecular weight excluding hydrogens is 244 g/mol. The Bertz CT molecular complexity index is 249. The highest BCUT2D eigenvalue weighted by Gasteiger charge is 2.36. The normalized spacial score (nSPS) is 36.7. The summed E-state index contributed by atoms with van der Waals surface area (Å²) >= 11 is 0. The van der Waals surface area contributed by atoms with E-state index in [1.807, 2.05) is 0 Å². The van der Waals surface area contributed by atoms with Gasteiger partial charge in [-0.05, 0) is 50.5 Å². The van der Waals surface area contributed by atoms with Crippen molar-refractivity contribution in [3.8, 4) is 0 Å². The van der Waals surface area contributed by atoms with E-state index in [1.165, 1.54) is 64.6 Å². The summed E-state index contributed by atoms with van der Waals surface area (Å²) in [6.45, 7) is 6.35. The van der Waals surface area contributed by atoms with Gasteiger partial charge in [0.15, 0.2) is 0 Å². The van der Waals surface area contributed by atoms with Crippen molar-refractivity contribution in [2.45, 2.75) is 64.0 Å². The third-order valence-corrected chi connectivity index (χ3v) is 5.03. The third kappa shape index (κ3) is 3.61. The molecule has 2 aliphatic carbocycles. The third-order valence-electron chi connectivity index (χ3n) is 5.03. The Morgan fingerprint density at radius 3 is 2.50 bits per heavy atom. The fraction of sp³-hybridized carbons (Fsp3) is 1.00. The first kappa shape index (κ1) is 14.6. The Kier molecular flexibility index (Phi) is 5.35. The molecule has 1 heterocycles. The Morgan fingerprint density at radius 1 is 1.06 bits per heavy atom. The van der Waals surface area contributed by atoms with Crippen LogP contribution in [0, 0.1) is 11.8 Å². The van der Waals surface area contributed by atoms with Gasteiger partial charge in [-0.1, -0.05) is 19.8 Å². The fourth-order valence-electron chi connectivity index (χ4n) is 3.95. The molecule has 106 valence electrons. The van der Waals surface area contributed by atoms with Gasteiger partial charge in [0.25, 0.3) is 0 Å². The maximum atomic E-state index is 3.54. The summed E-state index contributed by atoms with van der Waals surface area (Å²) in [5.41, 5.74) is 0. The zero-order valence-electron chi connectivity index (χ0n) is 11.7. The summed E-state index contributed by atoms with van der Waals surface area (Å²) in [6, 6.07) is 1.82. The molecule has 3 unspecified atom stereocenters. The summed E-state index contributed by atoms with van der Waals surface area (Å²) in [6.07, 6.45) is 10.3. The molecule has 0 bridgehead atoms. The highest BCUT2D eigenvalue weighted by atomic mass is 35.5. The predicted octanol–water partition coefficient (Wildman–Crippen LogP) is 3.06. The second kappa shape index (κ2) is 6.58. The molecular formula is C15H29ClN2. The van der Waals surface area contributed by atoms with Crippen molar-refractivity contribution < 1.29 is 0 Å². The van der Waals surface area contributed by atoms with Crippen LogP contribution in [0.2, 0.25) is 0 Å². The van der Waals surface area contributed by atoms with Gasteiger partial charge in [-0.25, -0.2) is 0 Å². The number of nitrogens with one attached hydrogen (secondary N) is 1. The first-order valence-electron chi connectivity index (χ1n) is 7.79. The first-order valence-corrected chi connectivity index (χ1v) is 7.79. The molecule has 0 aromatic rings. The molecule has 1 saturated heterocycles. The van der Waals surface area contributed by atoms with E-state index in [1.54, 1.807) is 0 Å². The molecule has 2 nitrogen and oxygen atoms in total. The molecule has 1 aliphatic heterocycles. The number of halogens is 1. The average Bonchev–Trinajstić information content (AvgIpc) is 3.01. The van der Waals surface area contributed by atoms with Crippen LogP contribution in [0.5, 0.6) is 0 Å². The van der Waals surface area contributed by atoms with Crippen molar-refractivity contribution >= 4 is 12.4 Å². The van der Waals surface area contributed by atoms with Crippen LogP contribution < -0.4 is 5.32 Å². The second-order valence-electron chi connectivity index (χ2n) is 6.71. The van der Waals surface area contributed by atoms with Crippen molar-refractivity contribution in [1.29, 1.82) is 0 Å². The molecule has 3 fully saturated rings. The Labute approximate surface area is 118 Å². The van der Waals surface area contributed by atoms with E-state index in [9.17, 15) is 0 Å². The maximum Gasteiger partial charge on any atom is 0.0235 e. The van der Waals surface area contributed by atoms with E-state index < -0.39 is 0 Å². The largest absolute Gasteiger partial charge is 0.315 e. The lowest BCUT2D eigenvalue weighted by Gasteiger charge is -2.35. The molecule has 2 saturated carbocycles. The fourth-order valence-corrected chi connectivity index (χ4v) is 3.95. The summed E-state index contributed by atoms with van der Waals surface area (Å²) in [5, 5.41) is 3.54.